The first kappa shape index (κ1) is 21.9. The van der Waals surface area contributed by atoms with E-state index in [2.05, 4.69) is 51.9 Å². The SMILES string of the molecule is Cc1ccc(CSc2nnc(SCC(=O)N/N=C/c3cccc([N+](=O)[O-])c3)s2)cc1. The molecule has 0 aliphatic rings. The summed E-state index contributed by atoms with van der Waals surface area (Å²) in [5.41, 5.74) is 5.34. The van der Waals surface area contributed by atoms with Crippen molar-refractivity contribution < 1.29 is 9.72 Å². The average Bonchev–Trinajstić information content (AvgIpc) is 3.20. The molecule has 1 N–H and O–H groups in total. The third-order valence-electron chi connectivity index (χ3n) is 3.68. The molecule has 0 bridgehead atoms. The zero-order valence-corrected chi connectivity index (χ0v) is 18.3. The van der Waals surface area contributed by atoms with Crippen LogP contribution in [0.15, 0.2) is 62.3 Å². The highest BCUT2D eigenvalue weighted by Gasteiger charge is 2.09. The zero-order chi connectivity index (χ0) is 21.3. The molecule has 0 aliphatic carbocycles. The number of hydrogen-bond donors (Lipinski definition) is 1. The van der Waals surface area contributed by atoms with Crippen LogP contribution in [0.2, 0.25) is 0 Å². The van der Waals surface area contributed by atoms with E-state index in [1.54, 1.807) is 23.9 Å². The van der Waals surface area contributed by atoms with E-state index in [0.29, 0.717) is 9.90 Å². The van der Waals surface area contributed by atoms with Crippen LogP contribution in [0.25, 0.3) is 0 Å². The van der Waals surface area contributed by atoms with Crippen LogP contribution in [0.5, 0.6) is 0 Å². The molecule has 1 amide bonds. The lowest BCUT2D eigenvalue weighted by Gasteiger charge is -1.99. The molecule has 0 spiro atoms. The summed E-state index contributed by atoms with van der Waals surface area (Å²) < 4.78 is 1.56. The number of nitrogens with one attached hydrogen (secondary N) is 1. The Hall–Kier alpha value is -2.76. The molecule has 8 nitrogen and oxygen atoms in total. The summed E-state index contributed by atoms with van der Waals surface area (Å²) in [4.78, 5) is 22.2. The van der Waals surface area contributed by atoms with E-state index in [0.717, 1.165) is 10.1 Å². The number of hydrogen-bond acceptors (Lipinski definition) is 9. The summed E-state index contributed by atoms with van der Waals surface area (Å²) in [6.07, 6.45) is 1.36. The Bertz CT molecular complexity index is 1050. The normalized spacial score (nSPS) is 11.0. The summed E-state index contributed by atoms with van der Waals surface area (Å²) in [6.45, 7) is 2.06. The number of thioether (sulfide) groups is 2. The lowest BCUT2D eigenvalue weighted by molar-refractivity contribution is -0.384. The first-order valence-corrected chi connectivity index (χ1v) is 11.5. The minimum absolute atomic E-state index is 0.0341. The Morgan fingerprint density at radius 1 is 1.20 bits per heavy atom. The van der Waals surface area contributed by atoms with Crippen LogP contribution in [-0.2, 0) is 10.5 Å². The van der Waals surface area contributed by atoms with Crippen molar-refractivity contribution in [2.75, 3.05) is 5.75 Å². The molecule has 3 rings (SSSR count). The Morgan fingerprint density at radius 3 is 2.67 bits per heavy atom. The van der Waals surface area contributed by atoms with E-state index in [1.165, 1.54) is 52.6 Å². The largest absolute Gasteiger partial charge is 0.272 e. The van der Waals surface area contributed by atoms with Gasteiger partial charge in [-0.2, -0.15) is 5.10 Å². The number of non-ortho nitro benzene ring substituents is 1. The number of carbonyl (C=O) groups is 1. The Labute approximate surface area is 185 Å². The predicted octanol–water partition coefficient (Wildman–Crippen LogP) is 4.29. The van der Waals surface area contributed by atoms with E-state index in [4.69, 9.17) is 0 Å². The summed E-state index contributed by atoms with van der Waals surface area (Å²) in [6, 6.07) is 14.3. The lowest BCUT2D eigenvalue weighted by Crippen LogP contribution is -2.19. The molecule has 11 heteroatoms. The third kappa shape index (κ3) is 6.94. The second kappa shape index (κ2) is 10.9. The first-order valence-electron chi connectivity index (χ1n) is 8.70. The van der Waals surface area contributed by atoms with Crippen molar-refractivity contribution in [3.63, 3.8) is 0 Å². The van der Waals surface area contributed by atoms with E-state index in [-0.39, 0.29) is 17.3 Å². The van der Waals surface area contributed by atoms with Gasteiger partial charge in [0.1, 0.15) is 0 Å². The molecule has 1 heterocycles. The molecule has 0 saturated heterocycles. The number of nitrogens with zero attached hydrogens (tertiary/aromatic N) is 4. The number of aryl methyl sites for hydroxylation is 1. The number of rotatable bonds is 9. The van der Waals surface area contributed by atoms with Crippen LogP contribution >= 0.6 is 34.9 Å². The van der Waals surface area contributed by atoms with Crippen molar-refractivity contribution in [2.24, 2.45) is 5.10 Å². The molecule has 0 atom stereocenters. The van der Waals surface area contributed by atoms with Gasteiger partial charge in [0.2, 0.25) is 0 Å². The van der Waals surface area contributed by atoms with Gasteiger partial charge in [0.05, 0.1) is 16.9 Å². The summed E-state index contributed by atoms with van der Waals surface area (Å²) >= 11 is 4.33. The summed E-state index contributed by atoms with van der Waals surface area (Å²) in [5.74, 6) is 0.654. The number of carbonyl (C=O) groups excluding carboxylic acids is 1. The molecule has 1 aromatic heterocycles. The third-order valence-corrected chi connectivity index (χ3v) is 6.94. The predicted molar refractivity (Wildman–Crippen MR) is 120 cm³/mol. The van der Waals surface area contributed by atoms with Gasteiger partial charge in [-0.05, 0) is 12.5 Å². The molecule has 0 aliphatic heterocycles. The second-order valence-electron chi connectivity index (χ2n) is 6.04. The smallest absolute Gasteiger partial charge is 0.270 e. The fourth-order valence-corrected chi connectivity index (χ4v) is 4.97. The van der Waals surface area contributed by atoms with Gasteiger partial charge in [-0.1, -0.05) is 76.8 Å². The van der Waals surface area contributed by atoms with E-state index < -0.39 is 4.92 Å². The highest BCUT2D eigenvalue weighted by Crippen LogP contribution is 2.30. The molecule has 0 fully saturated rings. The number of aromatic nitrogens is 2. The molecule has 0 unspecified atom stereocenters. The van der Waals surface area contributed by atoms with Crippen molar-refractivity contribution in [3.8, 4) is 0 Å². The monoisotopic (exact) mass is 459 g/mol. The van der Waals surface area contributed by atoms with Gasteiger partial charge in [0, 0.05) is 23.4 Å². The molecule has 0 saturated carbocycles. The van der Waals surface area contributed by atoms with Crippen molar-refractivity contribution in [3.05, 3.63) is 75.3 Å². The van der Waals surface area contributed by atoms with Crippen molar-refractivity contribution >= 4 is 52.7 Å². The summed E-state index contributed by atoms with van der Waals surface area (Å²) in [5, 5.41) is 22.8. The highest BCUT2D eigenvalue weighted by atomic mass is 32.2. The minimum atomic E-state index is -0.484. The molecule has 2 aromatic carbocycles. The fourth-order valence-electron chi connectivity index (χ4n) is 2.20. The topological polar surface area (TPSA) is 110 Å². The number of benzene rings is 2. The van der Waals surface area contributed by atoms with Crippen LogP contribution in [0.1, 0.15) is 16.7 Å². The van der Waals surface area contributed by atoms with Crippen molar-refractivity contribution in [1.82, 2.24) is 15.6 Å². The number of hydrazone groups is 1. The van der Waals surface area contributed by atoms with Gasteiger partial charge in [-0.3, -0.25) is 14.9 Å². The maximum absolute atomic E-state index is 11.9. The molecule has 30 heavy (non-hydrogen) atoms. The quantitative estimate of drug-likeness (QED) is 0.220. The second-order valence-corrected chi connectivity index (χ2v) is 9.46. The van der Waals surface area contributed by atoms with Gasteiger partial charge in [0.15, 0.2) is 8.68 Å². The van der Waals surface area contributed by atoms with E-state index in [1.807, 2.05) is 0 Å². The maximum atomic E-state index is 11.9. The minimum Gasteiger partial charge on any atom is -0.272 e. The van der Waals surface area contributed by atoms with Gasteiger partial charge in [0.25, 0.3) is 11.6 Å². The Kier molecular flexibility index (Phi) is 7.94. The number of nitro benzene ring substituents is 1. The van der Waals surface area contributed by atoms with Crippen LogP contribution in [0.3, 0.4) is 0 Å². The van der Waals surface area contributed by atoms with Gasteiger partial charge in [-0.25, -0.2) is 5.43 Å². The number of amides is 1. The van der Waals surface area contributed by atoms with Crippen LogP contribution in [0, 0.1) is 17.0 Å². The Balaban J connectivity index is 1.42. The zero-order valence-electron chi connectivity index (χ0n) is 15.8. The van der Waals surface area contributed by atoms with Crippen LogP contribution in [-0.4, -0.2) is 33.0 Å². The van der Waals surface area contributed by atoms with Crippen LogP contribution < -0.4 is 5.43 Å². The standard InChI is InChI=1S/C19H17N5O3S3/c1-13-5-7-14(8-6-13)11-28-18-22-23-19(30-18)29-12-17(25)21-20-10-15-3-2-4-16(9-15)24(26)27/h2-10H,11-12H2,1H3,(H,21,25)/b20-10+. The average molecular weight is 460 g/mol. The number of nitro groups is 1. The van der Waals surface area contributed by atoms with E-state index in [9.17, 15) is 14.9 Å². The molecule has 0 radical (unpaired) electrons. The maximum Gasteiger partial charge on any atom is 0.270 e. The molecule has 154 valence electrons. The highest BCUT2D eigenvalue weighted by molar-refractivity contribution is 8.03. The lowest BCUT2D eigenvalue weighted by atomic mass is 10.2. The molecular weight excluding hydrogens is 442 g/mol. The first-order chi connectivity index (χ1) is 14.5. The summed E-state index contributed by atoms with van der Waals surface area (Å²) in [7, 11) is 0. The van der Waals surface area contributed by atoms with Gasteiger partial charge >= 0.3 is 0 Å². The van der Waals surface area contributed by atoms with Crippen molar-refractivity contribution in [1.29, 1.82) is 0 Å². The van der Waals surface area contributed by atoms with E-state index >= 15 is 0 Å². The van der Waals surface area contributed by atoms with Gasteiger partial charge in [-0.15, -0.1) is 10.2 Å². The molecule has 3 aromatic rings. The van der Waals surface area contributed by atoms with Crippen LogP contribution in [0.4, 0.5) is 5.69 Å². The fraction of sp³-hybridized carbons (Fsp3) is 0.158. The van der Waals surface area contributed by atoms with Gasteiger partial charge < -0.3 is 0 Å². The molecular formula is C19H17N5O3S3. The Morgan fingerprint density at radius 2 is 1.93 bits per heavy atom. The van der Waals surface area contributed by atoms with Crippen molar-refractivity contribution in [2.45, 2.75) is 21.4 Å².